The Hall–Kier alpha value is -1.97. The van der Waals surface area contributed by atoms with E-state index in [2.05, 4.69) is 137 Å². The van der Waals surface area contributed by atoms with Crippen molar-refractivity contribution in [2.75, 3.05) is 0 Å². The molecule has 0 fully saturated rings. The Kier molecular flexibility index (Phi) is 12.7. The van der Waals surface area contributed by atoms with Gasteiger partial charge in [-0.1, -0.05) is 0 Å². The topological polar surface area (TPSA) is 0 Å². The maximum absolute atomic E-state index is 9.42. The third-order valence-electron chi connectivity index (χ3n) is 11.7. The Morgan fingerprint density at radius 1 is 0.460 bits per heavy atom. The average molecular weight is 887 g/mol. The SMILES string of the molecule is CCCCC1=C(CCCC)[CH]([Hf]([Cl])([Cl])([CH]2C(CCCC)=C(CCCC)c3ccccc32)[SiH](c2ccccc2)c2ccccc2)c2ccccc21. The molecule has 2 atom stereocenters. The van der Waals surface area contributed by atoms with Gasteiger partial charge in [-0.2, -0.15) is 0 Å². The van der Waals surface area contributed by atoms with E-state index in [0.717, 1.165) is 38.5 Å². The van der Waals surface area contributed by atoms with Crippen LogP contribution in [0.4, 0.5) is 0 Å². The van der Waals surface area contributed by atoms with Crippen LogP contribution < -0.4 is 10.4 Å². The molecule has 0 bridgehead atoms. The van der Waals surface area contributed by atoms with E-state index in [1.54, 1.807) is 22.3 Å². The average Bonchev–Trinajstić information content (AvgIpc) is 3.65. The first kappa shape index (κ1) is 37.8. The zero-order valence-electron chi connectivity index (χ0n) is 30.9. The Morgan fingerprint density at radius 3 is 1.18 bits per heavy atom. The van der Waals surface area contributed by atoms with E-state index < -0.39 is 21.3 Å². The van der Waals surface area contributed by atoms with Crippen LogP contribution >= 0.6 is 17.2 Å². The van der Waals surface area contributed by atoms with Crippen molar-refractivity contribution in [2.45, 2.75) is 112 Å². The predicted octanol–water partition coefficient (Wildman–Crippen LogP) is 13.3. The van der Waals surface area contributed by atoms with E-state index >= 15 is 0 Å². The molecule has 50 heavy (non-hydrogen) atoms. The molecule has 0 nitrogen and oxygen atoms in total. The predicted molar refractivity (Wildman–Crippen MR) is 221 cm³/mol. The van der Waals surface area contributed by atoms with Gasteiger partial charge >= 0.3 is 315 Å². The van der Waals surface area contributed by atoms with Crippen molar-refractivity contribution in [2.24, 2.45) is 0 Å². The van der Waals surface area contributed by atoms with Gasteiger partial charge in [-0.25, -0.2) is 0 Å². The monoisotopic (exact) mass is 887 g/mol. The van der Waals surface area contributed by atoms with E-state index in [1.165, 1.54) is 71.2 Å². The van der Waals surface area contributed by atoms with Gasteiger partial charge in [0.05, 0.1) is 0 Å². The number of hydrogen-bond donors (Lipinski definition) is 0. The summed E-state index contributed by atoms with van der Waals surface area (Å²) in [7, 11) is 18.8. The van der Waals surface area contributed by atoms with Crippen LogP contribution in [0, 0.1) is 0 Å². The Balaban J connectivity index is 1.78. The molecule has 4 aromatic carbocycles. The molecule has 0 saturated heterocycles. The van der Waals surface area contributed by atoms with Crippen LogP contribution in [-0.4, -0.2) is 5.98 Å². The third-order valence-corrected chi connectivity index (χ3v) is 70.0. The molecule has 4 aromatic rings. The molecule has 4 heteroatoms. The van der Waals surface area contributed by atoms with E-state index in [0.29, 0.717) is 0 Å². The van der Waals surface area contributed by atoms with Gasteiger partial charge in [0.1, 0.15) is 0 Å². The summed E-state index contributed by atoms with van der Waals surface area (Å²) in [6.45, 7) is 9.32. The number of rotatable bonds is 17. The number of fused-ring (bicyclic) bond motifs is 2. The maximum atomic E-state index is 9.42. The summed E-state index contributed by atoms with van der Waals surface area (Å²) >= 11 is -5.56. The normalized spacial score (nSPS) is 18.0. The number of benzene rings is 4. The quantitative estimate of drug-likeness (QED) is 0.0927. The summed E-state index contributed by atoms with van der Waals surface area (Å²) < 4.78 is 0.171. The van der Waals surface area contributed by atoms with Crippen molar-refractivity contribution in [3.63, 3.8) is 0 Å². The zero-order chi connectivity index (χ0) is 35.2. The van der Waals surface area contributed by atoms with Crippen LogP contribution in [0.1, 0.15) is 134 Å². The fourth-order valence-electron chi connectivity index (χ4n) is 9.62. The van der Waals surface area contributed by atoms with Gasteiger partial charge in [-0.15, -0.1) is 0 Å². The summed E-state index contributed by atoms with van der Waals surface area (Å²) in [6.07, 6.45) is 13.8. The molecule has 0 radical (unpaired) electrons. The van der Waals surface area contributed by atoms with E-state index in [1.807, 2.05) is 0 Å². The molecule has 0 aliphatic heterocycles. The molecule has 0 N–H and O–H groups in total. The van der Waals surface area contributed by atoms with Crippen molar-refractivity contribution in [3.05, 3.63) is 143 Å². The Morgan fingerprint density at radius 2 is 0.800 bits per heavy atom. The molecule has 0 saturated carbocycles. The molecule has 2 aliphatic rings. The molecule has 0 spiro atoms. The minimum atomic E-state index is -5.56. The van der Waals surface area contributed by atoms with Crippen molar-refractivity contribution >= 4 is 44.7 Å². The number of allylic oxidation sites excluding steroid dienone is 4. The minimum absolute atomic E-state index is 0.0854. The Bertz CT molecular complexity index is 1680. The van der Waals surface area contributed by atoms with Gasteiger partial charge in [0.15, 0.2) is 0 Å². The van der Waals surface area contributed by atoms with Gasteiger partial charge < -0.3 is 0 Å². The summed E-state index contributed by atoms with van der Waals surface area (Å²) in [4.78, 5) is 0. The first-order valence-corrected chi connectivity index (χ1v) is 40.7. The molecule has 2 unspecified atom stereocenters. The van der Waals surface area contributed by atoms with Crippen LogP contribution in [0.15, 0.2) is 120 Å². The number of halogens is 2. The van der Waals surface area contributed by atoms with Gasteiger partial charge in [0.2, 0.25) is 0 Å². The van der Waals surface area contributed by atoms with Crippen LogP contribution in [0.2, 0.25) is 0 Å². The van der Waals surface area contributed by atoms with Crippen LogP contribution in [-0.2, 0) is 15.3 Å². The fraction of sp³-hybridized carbons (Fsp3) is 0.391. The Labute approximate surface area is 312 Å². The molecule has 0 aromatic heterocycles. The first-order chi connectivity index (χ1) is 24.4. The van der Waals surface area contributed by atoms with Crippen molar-refractivity contribution in [3.8, 4) is 0 Å². The second-order valence-corrected chi connectivity index (χ2v) is 67.9. The standard InChI is InChI=1S/2C17H23.C12H11Si.2ClH.Hf/c2*1-3-5-9-14-13-15-10-7-8-12-17(15)16(14)11-6-4-2;1-3-7-11(8-4-1)13-12-9-5-2-6-10-12;;;/h2*7-8,10,12-13H,3-6,9,11H2,1-2H3;1-10,13H;2*1H;/q;;;;;+2/p-2. The summed E-state index contributed by atoms with van der Waals surface area (Å²) in [5, 5.41) is 2.81. The molecular formula is C46H57Cl2HfSi. The van der Waals surface area contributed by atoms with Crippen LogP contribution in [0.25, 0.3) is 11.1 Å². The number of unbranched alkanes of at least 4 members (excludes halogenated alkanes) is 4. The van der Waals surface area contributed by atoms with Gasteiger partial charge in [-0.3, -0.25) is 0 Å². The van der Waals surface area contributed by atoms with Gasteiger partial charge in [-0.05, 0) is 0 Å². The van der Waals surface area contributed by atoms with E-state index in [9.17, 15) is 17.2 Å². The molecular weight excluding hydrogens is 830 g/mol. The van der Waals surface area contributed by atoms with Crippen molar-refractivity contribution in [1.29, 1.82) is 0 Å². The van der Waals surface area contributed by atoms with Gasteiger partial charge in [0.25, 0.3) is 0 Å². The van der Waals surface area contributed by atoms with Crippen molar-refractivity contribution in [1.82, 2.24) is 0 Å². The second-order valence-electron chi connectivity index (χ2n) is 14.9. The first-order valence-electron chi connectivity index (χ1n) is 19.7. The molecule has 0 heterocycles. The fourth-order valence-corrected chi connectivity index (χ4v) is 79.3. The summed E-state index contributed by atoms with van der Waals surface area (Å²) in [5.74, 6) is -2.29. The molecule has 263 valence electrons. The van der Waals surface area contributed by atoms with E-state index in [4.69, 9.17) is 0 Å². The molecule has 2 aliphatic carbocycles. The second kappa shape index (κ2) is 16.8. The summed E-state index contributed by atoms with van der Waals surface area (Å²) in [6, 6.07) is 41.5. The molecule has 6 rings (SSSR count). The zero-order valence-corrected chi connectivity index (χ0v) is 37.1. The number of hydrogen-bond acceptors (Lipinski definition) is 0. The van der Waals surface area contributed by atoms with Crippen molar-refractivity contribution < 1.29 is 15.3 Å². The summed E-state index contributed by atoms with van der Waals surface area (Å²) in [5.41, 5.74) is 12.1. The third kappa shape index (κ3) is 6.93. The van der Waals surface area contributed by atoms with Crippen LogP contribution in [0.3, 0.4) is 0 Å². The van der Waals surface area contributed by atoms with Crippen LogP contribution in [0.5, 0.6) is 0 Å². The molecule has 0 amide bonds. The van der Waals surface area contributed by atoms with E-state index in [-0.39, 0.29) is 7.35 Å². The van der Waals surface area contributed by atoms with Gasteiger partial charge in [0, 0.05) is 0 Å².